The quantitative estimate of drug-likeness (QED) is 0.871. The molecule has 0 fully saturated rings. The summed E-state index contributed by atoms with van der Waals surface area (Å²) < 4.78 is 9.74. The second-order valence-corrected chi connectivity index (χ2v) is 5.46. The second kappa shape index (κ2) is 6.68. The lowest BCUT2D eigenvalue weighted by molar-refractivity contribution is -0.139. The zero-order chi connectivity index (χ0) is 18.0. The highest BCUT2D eigenvalue weighted by atomic mass is 16.5. The molecule has 1 aliphatic rings. The summed E-state index contributed by atoms with van der Waals surface area (Å²) in [4.78, 5) is 29.5. The molecule has 25 heavy (non-hydrogen) atoms. The molecule has 6 nitrogen and oxygen atoms in total. The minimum atomic E-state index is -0.620. The molecular weight excluding hydrogens is 320 g/mol. The zero-order valence-electron chi connectivity index (χ0n) is 14.2. The molecular formula is C19H18N2O4. The van der Waals surface area contributed by atoms with Crippen LogP contribution in [0.25, 0.3) is 10.9 Å². The van der Waals surface area contributed by atoms with E-state index in [1.54, 1.807) is 29.3 Å². The number of hydrogen-bond donors (Lipinski definition) is 1. The molecule has 0 bridgehead atoms. The van der Waals surface area contributed by atoms with Gasteiger partial charge in [0.15, 0.2) is 0 Å². The number of aromatic amines is 1. The fourth-order valence-electron chi connectivity index (χ4n) is 2.88. The van der Waals surface area contributed by atoms with Crippen molar-refractivity contribution in [1.29, 1.82) is 0 Å². The Labute approximate surface area is 145 Å². The van der Waals surface area contributed by atoms with Gasteiger partial charge in [-0.2, -0.15) is 0 Å². The van der Waals surface area contributed by atoms with Crippen molar-refractivity contribution < 1.29 is 19.1 Å². The van der Waals surface area contributed by atoms with Gasteiger partial charge in [-0.3, -0.25) is 0 Å². The summed E-state index contributed by atoms with van der Waals surface area (Å²) in [5, 5.41) is 1.03. The number of aromatic nitrogens is 1. The fraction of sp³-hybridized carbons (Fsp3) is 0.158. The predicted molar refractivity (Wildman–Crippen MR) is 94.9 cm³/mol. The number of nitrogens with one attached hydrogen (secondary N) is 1. The van der Waals surface area contributed by atoms with Crippen LogP contribution in [0.1, 0.15) is 5.56 Å². The number of anilines is 1. The van der Waals surface area contributed by atoms with E-state index >= 15 is 0 Å². The van der Waals surface area contributed by atoms with Crippen LogP contribution in [0.15, 0.2) is 60.1 Å². The van der Waals surface area contributed by atoms with Crippen LogP contribution in [0, 0.1) is 6.92 Å². The lowest BCUT2D eigenvalue weighted by atomic mass is 10.1. The van der Waals surface area contributed by atoms with Gasteiger partial charge in [0, 0.05) is 29.0 Å². The number of fused-ring (bicyclic) bond motifs is 1. The minimum Gasteiger partial charge on any atom is -0.465 e. The molecule has 0 spiro atoms. The molecule has 0 saturated heterocycles. The van der Waals surface area contributed by atoms with Crippen LogP contribution in [0.3, 0.4) is 0 Å². The Kier molecular flexibility index (Phi) is 4.43. The van der Waals surface area contributed by atoms with E-state index in [1.807, 2.05) is 31.3 Å². The summed E-state index contributed by atoms with van der Waals surface area (Å²) in [6.07, 6.45) is 8.55. The molecule has 0 amide bonds. The summed E-state index contributed by atoms with van der Waals surface area (Å²) in [7, 11) is 2.56. The number of aryl methyl sites for hydroxylation is 1. The Bertz CT molecular complexity index is 934. The van der Waals surface area contributed by atoms with Gasteiger partial charge in [0.2, 0.25) is 0 Å². The Morgan fingerprint density at radius 1 is 1.04 bits per heavy atom. The number of ether oxygens (including phenoxy) is 2. The molecule has 6 heteroatoms. The van der Waals surface area contributed by atoms with E-state index in [9.17, 15) is 9.59 Å². The first-order valence-corrected chi connectivity index (χ1v) is 7.70. The molecule has 1 aromatic heterocycles. The van der Waals surface area contributed by atoms with E-state index in [-0.39, 0.29) is 11.3 Å². The lowest BCUT2D eigenvalue weighted by Crippen LogP contribution is -2.27. The van der Waals surface area contributed by atoms with Gasteiger partial charge in [-0.1, -0.05) is 6.08 Å². The van der Waals surface area contributed by atoms with Crippen LogP contribution in [0.4, 0.5) is 5.69 Å². The van der Waals surface area contributed by atoms with Crippen molar-refractivity contribution in [2.75, 3.05) is 19.1 Å². The first-order chi connectivity index (χ1) is 12.1. The van der Waals surface area contributed by atoms with Crippen molar-refractivity contribution in [2.24, 2.45) is 0 Å². The average molecular weight is 338 g/mol. The highest BCUT2D eigenvalue weighted by Crippen LogP contribution is 2.32. The maximum atomic E-state index is 12.5. The standard InChI is InChI=1S/C19H18N2O4/c1-12-13-9-10-20-15(13)7-8-16(12)21-11-5-4-6-14(18(22)24-2)17(21)19(23)25-3/h4-11,20H,1-3H3. The molecule has 2 aromatic rings. The first kappa shape index (κ1) is 16.6. The Balaban J connectivity index is 2.25. The normalized spacial score (nSPS) is 14.0. The van der Waals surface area contributed by atoms with Crippen LogP contribution >= 0.6 is 0 Å². The Hall–Kier alpha value is -3.28. The number of esters is 2. The molecule has 128 valence electrons. The number of nitrogens with zero attached hydrogens (tertiary/aromatic N) is 1. The smallest absolute Gasteiger partial charge is 0.355 e. The van der Waals surface area contributed by atoms with E-state index in [2.05, 4.69) is 4.98 Å². The van der Waals surface area contributed by atoms with Gasteiger partial charge >= 0.3 is 11.9 Å². The molecule has 0 radical (unpaired) electrons. The van der Waals surface area contributed by atoms with Crippen molar-refractivity contribution in [1.82, 2.24) is 4.98 Å². The van der Waals surface area contributed by atoms with E-state index in [4.69, 9.17) is 9.47 Å². The van der Waals surface area contributed by atoms with Gasteiger partial charge in [-0.25, -0.2) is 9.59 Å². The maximum Gasteiger partial charge on any atom is 0.355 e. The van der Waals surface area contributed by atoms with E-state index in [1.165, 1.54) is 14.2 Å². The zero-order valence-corrected chi connectivity index (χ0v) is 14.2. The van der Waals surface area contributed by atoms with Crippen molar-refractivity contribution in [2.45, 2.75) is 6.92 Å². The number of carbonyl (C=O) groups is 2. The molecule has 0 unspecified atom stereocenters. The molecule has 0 aliphatic carbocycles. The Morgan fingerprint density at radius 2 is 1.80 bits per heavy atom. The monoisotopic (exact) mass is 338 g/mol. The van der Waals surface area contributed by atoms with Crippen LogP contribution in [-0.2, 0) is 19.1 Å². The van der Waals surface area contributed by atoms with Gasteiger partial charge in [-0.05, 0) is 42.8 Å². The molecule has 3 rings (SSSR count). The molecule has 1 N–H and O–H groups in total. The third-order valence-corrected chi connectivity index (χ3v) is 4.12. The number of carbonyl (C=O) groups excluding carboxylic acids is 2. The molecule has 0 saturated carbocycles. The number of benzene rings is 1. The summed E-state index contributed by atoms with van der Waals surface area (Å²) in [6.45, 7) is 1.96. The summed E-state index contributed by atoms with van der Waals surface area (Å²) in [5.74, 6) is -1.23. The Morgan fingerprint density at radius 3 is 2.52 bits per heavy atom. The SMILES string of the molecule is COC(=O)C1=C(C(=O)OC)N(c2ccc3[nH]ccc3c2C)C=CC=C1. The topological polar surface area (TPSA) is 71.6 Å². The van der Waals surface area contributed by atoms with Gasteiger partial charge in [-0.15, -0.1) is 0 Å². The number of H-pyrrole nitrogens is 1. The fourth-order valence-corrected chi connectivity index (χ4v) is 2.88. The van der Waals surface area contributed by atoms with Crippen molar-refractivity contribution in [3.05, 3.63) is 65.7 Å². The van der Waals surface area contributed by atoms with Crippen LogP contribution in [0.5, 0.6) is 0 Å². The first-order valence-electron chi connectivity index (χ1n) is 7.70. The molecule has 1 aromatic carbocycles. The third-order valence-electron chi connectivity index (χ3n) is 4.12. The highest BCUT2D eigenvalue weighted by Gasteiger charge is 2.28. The summed E-state index contributed by atoms with van der Waals surface area (Å²) in [5.41, 5.74) is 2.98. The predicted octanol–water partition coefficient (Wildman–Crippen LogP) is 2.97. The maximum absolute atomic E-state index is 12.5. The number of rotatable bonds is 3. The summed E-state index contributed by atoms with van der Waals surface area (Å²) >= 11 is 0. The number of methoxy groups -OCH3 is 2. The van der Waals surface area contributed by atoms with E-state index < -0.39 is 11.9 Å². The molecule has 0 atom stereocenters. The van der Waals surface area contributed by atoms with Crippen LogP contribution in [0.2, 0.25) is 0 Å². The van der Waals surface area contributed by atoms with E-state index in [0.717, 1.165) is 22.2 Å². The molecule has 1 aliphatic heterocycles. The van der Waals surface area contributed by atoms with Crippen LogP contribution < -0.4 is 4.90 Å². The summed E-state index contributed by atoms with van der Waals surface area (Å²) in [6, 6.07) is 5.79. The van der Waals surface area contributed by atoms with Gasteiger partial charge in [0.05, 0.1) is 19.8 Å². The van der Waals surface area contributed by atoms with E-state index in [0.29, 0.717) is 0 Å². The number of hydrogen-bond acceptors (Lipinski definition) is 5. The van der Waals surface area contributed by atoms with Crippen LogP contribution in [-0.4, -0.2) is 31.1 Å². The highest BCUT2D eigenvalue weighted by molar-refractivity contribution is 6.06. The van der Waals surface area contributed by atoms with Gasteiger partial charge < -0.3 is 19.4 Å². The molecule has 2 heterocycles. The average Bonchev–Trinajstić information content (AvgIpc) is 3.01. The lowest BCUT2D eigenvalue weighted by Gasteiger charge is -2.25. The van der Waals surface area contributed by atoms with Crippen molar-refractivity contribution >= 4 is 28.5 Å². The third kappa shape index (κ3) is 2.82. The van der Waals surface area contributed by atoms with Gasteiger partial charge in [0.1, 0.15) is 5.70 Å². The minimum absolute atomic E-state index is 0.109. The second-order valence-electron chi connectivity index (χ2n) is 5.46. The van der Waals surface area contributed by atoms with Gasteiger partial charge in [0.25, 0.3) is 0 Å². The largest absolute Gasteiger partial charge is 0.465 e. The van der Waals surface area contributed by atoms with Crippen molar-refractivity contribution in [3.63, 3.8) is 0 Å². The van der Waals surface area contributed by atoms with Crippen molar-refractivity contribution in [3.8, 4) is 0 Å². The number of allylic oxidation sites excluding steroid dienone is 2.